The first-order chi connectivity index (χ1) is 12.9. The normalized spacial score (nSPS) is 29.7. The van der Waals surface area contributed by atoms with Crippen LogP contribution in [0.4, 0.5) is 4.39 Å². The van der Waals surface area contributed by atoms with E-state index in [0.29, 0.717) is 25.9 Å². The summed E-state index contributed by atoms with van der Waals surface area (Å²) in [6.45, 7) is 0.788. The maximum absolute atomic E-state index is 13.3. The second-order valence-electron chi connectivity index (χ2n) is 7.07. The Labute approximate surface area is 160 Å². The Morgan fingerprint density at radius 3 is 2.78 bits per heavy atom. The van der Waals surface area contributed by atoms with Crippen molar-refractivity contribution in [2.75, 3.05) is 20.2 Å². The predicted octanol–water partition coefficient (Wildman–Crippen LogP) is 0.808. The minimum atomic E-state index is -0.718. The van der Waals surface area contributed by atoms with E-state index in [9.17, 15) is 18.8 Å². The molecular formula is C18H19ClFN3O4. The summed E-state index contributed by atoms with van der Waals surface area (Å²) in [5, 5.41) is 2.66. The van der Waals surface area contributed by atoms with Gasteiger partial charge < -0.3 is 19.9 Å². The molecule has 4 rings (SSSR count). The van der Waals surface area contributed by atoms with Crippen LogP contribution in [0.5, 0.6) is 0 Å². The second-order valence-corrected chi connectivity index (χ2v) is 7.48. The topological polar surface area (TPSA) is 79.0 Å². The molecule has 3 saturated heterocycles. The van der Waals surface area contributed by atoms with E-state index in [4.69, 9.17) is 16.3 Å². The van der Waals surface area contributed by atoms with E-state index in [1.54, 1.807) is 16.9 Å². The third-order valence-corrected chi connectivity index (χ3v) is 5.89. The van der Waals surface area contributed by atoms with Gasteiger partial charge in [-0.1, -0.05) is 11.6 Å². The van der Waals surface area contributed by atoms with Gasteiger partial charge in [0.05, 0.1) is 17.2 Å². The van der Waals surface area contributed by atoms with Crippen LogP contribution >= 0.6 is 11.6 Å². The summed E-state index contributed by atoms with van der Waals surface area (Å²) in [6.07, 6.45) is 0.823. The molecule has 3 amide bonds. The molecule has 0 unspecified atom stereocenters. The summed E-state index contributed by atoms with van der Waals surface area (Å²) in [4.78, 5) is 41.4. The largest absolute Gasteiger partial charge is 0.380 e. The molecule has 9 heteroatoms. The van der Waals surface area contributed by atoms with Crippen molar-refractivity contribution in [2.45, 2.75) is 37.1 Å². The highest BCUT2D eigenvalue weighted by atomic mass is 35.5. The molecule has 0 aromatic heterocycles. The number of nitrogens with one attached hydrogen (secondary N) is 1. The zero-order valence-electron chi connectivity index (χ0n) is 14.7. The number of halogens is 2. The lowest BCUT2D eigenvalue weighted by molar-refractivity contribution is -0.157. The van der Waals surface area contributed by atoms with E-state index in [1.807, 2.05) is 0 Å². The van der Waals surface area contributed by atoms with E-state index < -0.39 is 29.8 Å². The fourth-order valence-corrected chi connectivity index (χ4v) is 4.37. The van der Waals surface area contributed by atoms with Crippen molar-refractivity contribution in [3.63, 3.8) is 0 Å². The number of hydrogen-bond acceptors (Lipinski definition) is 4. The van der Waals surface area contributed by atoms with Crippen LogP contribution in [0.25, 0.3) is 0 Å². The molecule has 1 aromatic rings. The van der Waals surface area contributed by atoms with Crippen molar-refractivity contribution < 1.29 is 23.5 Å². The average molecular weight is 396 g/mol. The van der Waals surface area contributed by atoms with Gasteiger partial charge >= 0.3 is 0 Å². The lowest BCUT2D eigenvalue weighted by Crippen LogP contribution is -2.64. The highest BCUT2D eigenvalue weighted by Crippen LogP contribution is 2.33. The van der Waals surface area contributed by atoms with Crippen molar-refractivity contribution in [3.05, 3.63) is 34.6 Å². The van der Waals surface area contributed by atoms with Crippen LogP contribution < -0.4 is 5.32 Å². The van der Waals surface area contributed by atoms with Gasteiger partial charge in [-0.05, 0) is 24.6 Å². The first-order valence-corrected chi connectivity index (χ1v) is 9.18. The summed E-state index contributed by atoms with van der Waals surface area (Å²) in [6, 6.07) is 1.99. The van der Waals surface area contributed by atoms with E-state index >= 15 is 0 Å². The van der Waals surface area contributed by atoms with Crippen LogP contribution in [0.2, 0.25) is 5.02 Å². The molecule has 0 spiro atoms. The minimum absolute atomic E-state index is 0.0966. The average Bonchev–Trinajstić information content (AvgIpc) is 3.27. The van der Waals surface area contributed by atoms with Gasteiger partial charge in [-0.15, -0.1) is 0 Å². The Morgan fingerprint density at radius 2 is 2.07 bits per heavy atom. The molecule has 0 bridgehead atoms. The summed E-state index contributed by atoms with van der Waals surface area (Å²) < 4.78 is 18.6. The fourth-order valence-electron chi connectivity index (χ4n) is 4.19. The number of methoxy groups -OCH3 is 1. The third kappa shape index (κ3) is 2.96. The molecule has 27 heavy (non-hydrogen) atoms. The number of ether oxygens (including phenoxy) is 1. The number of rotatable bonds is 3. The number of nitrogens with zero attached hydrogens (tertiary/aromatic N) is 2. The Morgan fingerprint density at radius 1 is 1.30 bits per heavy atom. The molecule has 1 N–H and O–H groups in total. The smallest absolute Gasteiger partial charge is 0.251 e. The van der Waals surface area contributed by atoms with Gasteiger partial charge in [0.25, 0.3) is 5.91 Å². The number of carbonyl (C=O) groups excluding carboxylic acids is 3. The van der Waals surface area contributed by atoms with E-state index in [0.717, 1.165) is 6.07 Å². The number of piperazine rings is 1. The number of hydrogen-bond donors (Lipinski definition) is 1. The van der Waals surface area contributed by atoms with Gasteiger partial charge in [0.1, 0.15) is 17.9 Å². The van der Waals surface area contributed by atoms with Gasteiger partial charge in [-0.2, -0.15) is 0 Å². The highest BCUT2D eigenvalue weighted by Gasteiger charge is 2.55. The predicted molar refractivity (Wildman–Crippen MR) is 93.7 cm³/mol. The van der Waals surface area contributed by atoms with Crippen molar-refractivity contribution >= 4 is 29.3 Å². The van der Waals surface area contributed by atoms with Crippen LogP contribution in [-0.2, 0) is 14.3 Å². The lowest BCUT2D eigenvalue weighted by atomic mass is 10.0. The molecule has 3 aliphatic rings. The molecular weight excluding hydrogens is 377 g/mol. The monoisotopic (exact) mass is 395 g/mol. The molecule has 0 radical (unpaired) electrons. The Kier molecular flexibility index (Phi) is 4.55. The van der Waals surface area contributed by atoms with E-state index in [-0.39, 0.29) is 28.5 Å². The molecule has 3 aliphatic heterocycles. The lowest BCUT2D eigenvalue weighted by Gasteiger charge is -2.40. The van der Waals surface area contributed by atoms with Crippen LogP contribution in [0.3, 0.4) is 0 Å². The maximum Gasteiger partial charge on any atom is 0.251 e. The maximum atomic E-state index is 13.3. The Hall–Kier alpha value is -2.19. The number of carbonyl (C=O) groups is 3. The summed E-state index contributed by atoms with van der Waals surface area (Å²) in [5.41, 5.74) is 0.202. The number of amides is 3. The van der Waals surface area contributed by atoms with E-state index in [1.165, 1.54) is 12.1 Å². The molecule has 1 aromatic carbocycles. The molecule has 144 valence electrons. The Bertz CT molecular complexity index is 820. The first-order valence-electron chi connectivity index (χ1n) is 8.80. The van der Waals surface area contributed by atoms with Crippen molar-refractivity contribution in [1.29, 1.82) is 0 Å². The molecule has 0 aliphatic carbocycles. The van der Waals surface area contributed by atoms with E-state index in [2.05, 4.69) is 5.32 Å². The summed E-state index contributed by atoms with van der Waals surface area (Å²) >= 11 is 5.74. The Balaban J connectivity index is 1.52. The molecule has 3 heterocycles. The molecule has 3 fully saturated rings. The summed E-state index contributed by atoms with van der Waals surface area (Å²) in [5.74, 6) is -1.33. The second kappa shape index (κ2) is 6.76. The van der Waals surface area contributed by atoms with Gasteiger partial charge in [0.15, 0.2) is 0 Å². The van der Waals surface area contributed by atoms with Crippen molar-refractivity contribution in [1.82, 2.24) is 15.1 Å². The van der Waals surface area contributed by atoms with Crippen LogP contribution in [0.1, 0.15) is 23.2 Å². The van der Waals surface area contributed by atoms with Crippen molar-refractivity contribution in [2.24, 2.45) is 0 Å². The SMILES string of the molecule is CO[C@@H]1C[C@H]2C(=O)N3CC[C@H](NC(=O)c4ccc(F)c(Cl)c4)[C@H]3C(=O)N2C1. The third-order valence-electron chi connectivity index (χ3n) is 5.60. The standard InChI is InChI=1S/C18H19ClFN3O4/c1-27-10-7-14-17(25)22-5-4-13(15(22)18(26)23(14)8-10)21-16(24)9-2-3-12(20)11(19)6-9/h2-3,6,10,13-15H,4-5,7-8H2,1H3,(H,21,24)/t10-,13+,14+,15+/m1/s1. The van der Waals surface area contributed by atoms with Crippen molar-refractivity contribution in [3.8, 4) is 0 Å². The number of benzene rings is 1. The molecule has 4 atom stereocenters. The molecule has 0 saturated carbocycles. The van der Waals surface area contributed by atoms with Gasteiger partial charge in [-0.3, -0.25) is 14.4 Å². The van der Waals surface area contributed by atoms with Gasteiger partial charge in [-0.25, -0.2) is 4.39 Å². The van der Waals surface area contributed by atoms with Crippen LogP contribution in [0.15, 0.2) is 18.2 Å². The van der Waals surface area contributed by atoms with Crippen LogP contribution in [0, 0.1) is 5.82 Å². The van der Waals surface area contributed by atoms with Gasteiger partial charge in [0.2, 0.25) is 11.8 Å². The first kappa shape index (κ1) is 18.2. The highest BCUT2D eigenvalue weighted by molar-refractivity contribution is 6.31. The fraction of sp³-hybridized carbons (Fsp3) is 0.500. The zero-order chi connectivity index (χ0) is 19.3. The number of fused-ring (bicyclic) bond motifs is 2. The molecule has 7 nitrogen and oxygen atoms in total. The van der Waals surface area contributed by atoms with Gasteiger partial charge in [0, 0.05) is 32.2 Å². The zero-order valence-corrected chi connectivity index (χ0v) is 15.4. The quantitative estimate of drug-likeness (QED) is 0.821. The van der Waals surface area contributed by atoms with Crippen LogP contribution in [-0.4, -0.2) is 72.0 Å². The summed E-state index contributed by atoms with van der Waals surface area (Å²) in [7, 11) is 1.57. The minimum Gasteiger partial charge on any atom is -0.380 e.